The van der Waals surface area contributed by atoms with Crippen LogP contribution in [0, 0.1) is 20.8 Å². The smallest absolute Gasteiger partial charge is 0.246 e. The van der Waals surface area contributed by atoms with Crippen molar-refractivity contribution >= 4 is 37.3 Å². The van der Waals surface area contributed by atoms with Crippen LogP contribution in [0.15, 0.2) is 35.2 Å². The van der Waals surface area contributed by atoms with Crippen molar-refractivity contribution in [1.29, 1.82) is 0 Å². The highest BCUT2D eigenvalue weighted by molar-refractivity contribution is 7.92. The van der Waals surface area contributed by atoms with Gasteiger partial charge in [0.1, 0.15) is 17.2 Å². The summed E-state index contributed by atoms with van der Waals surface area (Å²) < 4.78 is 59.5. The van der Waals surface area contributed by atoms with Gasteiger partial charge in [0, 0.05) is 18.8 Å². The van der Waals surface area contributed by atoms with Gasteiger partial charge in [-0.15, -0.1) is 0 Å². The molecule has 1 aliphatic rings. The number of hydrogen-bond acceptors (Lipinski definition) is 6. The molecule has 0 aliphatic carbocycles. The third-order valence-electron chi connectivity index (χ3n) is 5.95. The maximum atomic E-state index is 13.2. The average Bonchev–Trinajstić information content (AvgIpc) is 2.77. The van der Waals surface area contributed by atoms with Gasteiger partial charge in [0.25, 0.3) is 0 Å². The minimum absolute atomic E-state index is 0.0371. The summed E-state index contributed by atoms with van der Waals surface area (Å²) in [6.45, 7) is 5.92. The Bertz CT molecular complexity index is 1290. The van der Waals surface area contributed by atoms with Gasteiger partial charge in [0.2, 0.25) is 26.0 Å². The van der Waals surface area contributed by atoms with Crippen LogP contribution in [0.2, 0.25) is 0 Å². The number of nitrogens with zero attached hydrogens (tertiary/aromatic N) is 2. The predicted molar refractivity (Wildman–Crippen MR) is 137 cm³/mol. The molecule has 9 nitrogen and oxygen atoms in total. The summed E-state index contributed by atoms with van der Waals surface area (Å²) in [4.78, 5) is 12.9. The molecule has 1 N–H and O–H groups in total. The zero-order valence-electron chi connectivity index (χ0n) is 20.8. The number of piperidine rings is 1. The molecular weight excluding hydrogens is 490 g/mol. The minimum atomic E-state index is -3.82. The molecule has 3 rings (SSSR count). The number of aryl methyl sites for hydroxylation is 3. The first-order chi connectivity index (χ1) is 16.3. The molecule has 11 heteroatoms. The lowest BCUT2D eigenvalue weighted by atomic mass is 10.1. The molecule has 35 heavy (non-hydrogen) atoms. The Hall–Kier alpha value is -2.63. The van der Waals surface area contributed by atoms with E-state index >= 15 is 0 Å². The van der Waals surface area contributed by atoms with Crippen molar-refractivity contribution in [2.45, 2.75) is 44.9 Å². The Kier molecular flexibility index (Phi) is 8.13. The van der Waals surface area contributed by atoms with Crippen LogP contribution in [0.25, 0.3) is 0 Å². The monoisotopic (exact) mass is 523 g/mol. The van der Waals surface area contributed by atoms with Gasteiger partial charge in [0.05, 0.1) is 19.1 Å². The Balaban J connectivity index is 1.90. The van der Waals surface area contributed by atoms with Crippen LogP contribution in [0.4, 0.5) is 11.4 Å². The van der Waals surface area contributed by atoms with Gasteiger partial charge in [-0.05, 0) is 62.9 Å². The highest BCUT2D eigenvalue weighted by Gasteiger charge is 2.30. The third-order valence-corrected chi connectivity index (χ3v) is 8.98. The summed E-state index contributed by atoms with van der Waals surface area (Å²) in [5, 5.41) is 2.65. The molecule has 1 aliphatic heterocycles. The molecule has 2 aromatic carbocycles. The summed E-state index contributed by atoms with van der Waals surface area (Å²) in [5.41, 5.74) is 3.15. The molecule has 0 saturated carbocycles. The summed E-state index contributed by atoms with van der Waals surface area (Å²) in [5.74, 6) is -0.418. The number of sulfonamides is 2. The number of hydrogen-bond donors (Lipinski definition) is 1. The van der Waals surface area contributed by atoms with Crippen LogP contribution in [0.3, 0.4) is 0 Å². The normalized spacial score (nSPS) is 15.0. The fraction of sp³-hybridized carbons (Fsp3) is 0.458. The molecule has 1 fully saturated rings. The highest BCUT2D eigenvalue weighted by atomic mass is 32.2. The standard InChI is InChI=1S/C24H33N3O6S2/c1-17-13-18(2)24(19(3)14-17)27(34(5,29)30)16-23(28)25-20-9-10-21(33-4)22(15-20)35(31,32)26-11-7-6-8-12-26/h9-10,13-15H,6-8,11-12,16H2,1-5H3,(H,25,28). The molecule has 0 atom stereocenters. The second-order valence-corrected chi connectivity index (χ2v) is 12.7. The first-order valence-electron chi connectivity index (χ1n) is 11.4. The van der Waals surface area contributed by atoms with Gasteiger partial charge in [-0.3, -0.25) is 9.10 Å². The molecule has 0 radical (unpaired) electrons. The topological polar surface area (TPSA) is 113 Å². The molecule has 0 aromatic heterocycles. The van der Waals surface area contributed by atoms with E-state index < -0.39 is 32.5 Å². The predicted octanol–water partition coefficient (Wildman–Crippen LogP) is 3.20. The largest absolute Gasteiger partial charge is 0.495 e. The van der Waals surface area contributed by atoms with Crippen molar-refractivity contribution in [3.63, 3.8) is 0 Å². The van der Waals surface area contributed by atoms with E-state index in [1.54, 1.807) is 13.8 Å². The molecule has 0 bridgehead atoms. The number of carbonyl (C=O) groups is 1. The first kappa shape index (κ1) is 27.0. The van der Waals surface area contributed by atoms with E-state index in [4.69, 9.17) is 4.74 Å². The van der Waals surface area contributed by atoms with Crippen molar-refractivity contribution in [3.05, 3.63) is 47.0 Å². The number of amides is 1. The quantitative estimate of drug-likeness (QED) is 0.569. The maximum absolute atomic E-state index is 13.2. The van der Waals surface area contributed by atoms with E-state index in [1.165, 1.54) is 29.6 Å². The van der Waals surface area contributed by atoms with E-state index in [1.807, 2.05) is 19.1 Å². The fourth-order valence-corrected chi connectivity index (χ4v) is 7.13. The summed E-state index contributed by atoms with van der Waals surface area (Å²) in [7, 11) is -6.20. The number of ether oxygens (including phenoxy) is 1. The lowest BCUT2D eigenvalue weighted by molar-refractivity contribution is -0.114. The second-order valence-electron chi connectivity index (χ2n) is 8.90. The molecule has 1 heterocycles. The highest BCUT2D eigenvalue weighted by Crippen LogP contribution is 2.32. The van der Waals surface area contributed by atoms with Crippen LogP contribution in [0.5, 0.6) is 5.75 Å². The summed E-state index contributed by atoms with van der Waals surface area (Å²) in [6.07, 6.45) is 3.61. The molecule has 2 aromatic rings. The maximum Gasteiger partial charge on any atom is 0.246 e. The Morgan fingerprint density at radius 3 is 2.14 bits per heavy atom. The lowest BCUT2D eigenvalue weighted by Gasteiger charge is -2.27. The van der Waals surface area contributed by atoms with Crippen molar-refractivity contribution in [3.8, 4) is 5.75 Å². The number of nitrogens with one attached hydrogen (secondary N) is 1. The van der Waals surface area contributed by atoms with E-state index in [-0.39, 0.29) is 16.3 Å². The van der Waals surface area contributed by atoms with Gasteiger partial charge >= 0.3 is 0 Å². The number of carbonyl (C=O) groups excluding carboxylic acids is 1. The summed E-state index contributed by atoms with van der Waals surface area (Å²) >= 11 is 0. The van der Waals surface area contributed by atoms with Crippen LogP contribution < -0.4 is 14.4 Å². The van der Waals surface area contributed by atoms with Gasteiger partial charge in [0.15, 0.2) is 0 Å². The van der Waals surface area contributed by atoms with Crippen molar-refractivity contribution in [2.75, 3.05) is 42.6 Å². The Labute approximate surface area is 208 Å². The van der Waals surface area contributed by atoms with E-state index in [0.29, 0.717) is 18.8 Å². The number of anilines is 2. The number of methoxy groups -OCH3 is 1. The summed E-state index contributed by atoms with van der Waals surface area (Å²) in [6, 6.07) is 8.08. The van der Waals surface area contributed by atoms with Crippen LogP contribution >= 0.6 is 0 Å². The fourth-order valence-electron chi connectivity index (χ4n) is 4.46. The minimum Gasteiger partial charge on any atom is -0.495 e. The molecular formula is C24H33N3O6S2. The Morgan fingerprint density at radius 2 is 1.60 bits per heavy atom. The van der Waals surface area contributed by atoms with Gasteiger partial charge in [-0.1, -0.05) is 24.1 Å². The molecule has 0 spiro atoms. The van der Waals surface area contributed by atoms with E-state index in [0.717, 1.165) is 46.5 Å². The second kappa shape index (κ2) is 10.5. The number of benzene rings is 2. The first-order valence-corrected chi connectivity index (χ1v) is 14.7. The van der Waals surface area contributed by atoms with Crippen molar-refractivity contribution in [2.24, 2.45) is 0 Å². The van der Waals surface area contributed by atoms with Gasteiger partial charge < -0.3 is 10.1 Å². The zero-order valence-corrected chi connectivity index (χ0v) is 22.4. The molecule has 0 unspecified atom stereocenters. The molecule has 192 valence electrons. The van der Waals surface area contributed by atoms with Crippen molar-refractivity contribution < 1.29 is 26.4 Å². The van der Waals surface area contributed by atoms with Gasteiger partial charge in [-0.25, -0.2) is 16.8 Å². The third kappa shape index (κ3) is 6.14. The van der Waals surface area contributed by atoms with Crippen LogP contribution in [-0.2, 0) is 24.8 Å². The molecule has 1 saturated heterocycles. The number of rotatable bonds is 8. The van der Waals surface area contributed by atoms with E-state index in [9.17, 15) is 21.6 Å². The SMILES string of the molecule is COc1ccc(NC(=O)CN(c2c(C)cc(C)cc2C)S(C)(=O)=O)cc1S(=O)(=O)N1CCCCC1. The lowest BCUT2D eigenvalue weighted by Crippen LogP contribution is -2.38. The van der Waals surface area contributed by atoms with E-state index in [2.05, 4.69) is 5.32 Å². The Morgan fingerprint density at radius 1 is 1.00 bits per heavy atom. The zero-order chi connectivity index (χ0) is 26.0. The van der Waals surface area contributed by atoms with Crippen LogP contribution in [0.1, 0.15) is 36.0 Å². The van der Waals surface area contributed by atoms with Crippen molar-refractivity contribution in [1.82, 2.24) is 4.31 Å². The molecule has 1 amide bonds. The average molecular weight is 524 g/mol. The van der Waals surface area contributed by atoms with Crippen LogP contribution in [-0.4, -0.2) is 60.0 Å². The van der Waals surface area contributed by atoms with Gasteiger partial charge in [-0.2, -0.15) is 4.31 Å².